The van der Waals surface area contributed by atoms with E-state index in [1.54, 1.807) is 0 Å². The molecule has 3 fully saturated rings. The van der Waals surface area contributed by atoms with Crippen LogP contribution in [0.3, 0.4) is 0 Å². The molecule has 4 heterocycles. The molecule has 25 heavy (non-hydrogen) atoms. The van der Waals surface area contributed by atoms with E-state index in [0.717, 1.165) is 45.1 Å². The summed E-state index contributed by atoms with van der Waals surface area (Å²) in [5, 5.41) is 3.88. The van der Waals surface area contributed by atoms with Crippen LogP contribution in [0.25, 0.3) is 0 Å². The summed E-state index contributed by atoms with van der Waals surface area (Å²) in [6.45, 7) is 3.80. The Kier molecular flexibility index (Phi) is 6.39. The van der Waals surface area contributed by atoms with Gasteiger partial charge in [-0.2, -0.15) is 23.5 Å². The second kappa shape index (κ2) is 8.93. The molecule has 0 radical (unpaired) electrons. The summed E-state index contributed by atoms with van der Waals surface area (Å²) >= 11 is 4.18. The van der Waals surface area contributed by atoms with Crippen LogP contribution in [-0.4, -0.2) is 71.4 Å². The summed E-state index contributed by atoms with van der Waals surface area (Å²) in [4.78, 5) is 11.8. The van der Waals surface area contributed by atoms with Gasteiger partial charge in [0.2, 0.25) is 5.95 Å². The SMILES string of the molecule is c1cc(C2CCOCC2)nc(N2CCC(NC3CSCCSC3)C2)n1. The molecule has 0 saturated carbocycles. The van der Waals surface area contributed by atoms with Gasteiger partial charge in [0.15, 0.2) is 0 Å². The molecule has 7 heteroatoms. The Hall–Kier alpha value is -0.500. The third-order valence-corrected chi connectivity index (χ3v) is 7.78. The predicted octanol–water partition coefficient (Wildman–Crippen LogP) is 2.39. The molecule has 1 aromatic rings. The van der Waals surface area contributed by atoms with Gasteiger partial charge in [-0.05, 0) is 25.3 Å². The molecule has 3 saturated heterocycles. The van der Waals surface area contributed by atoms with E-state index in [1.807, 2.05) is 6.20 Å². The Labute approximate surface area is 159 Å². The quantitative estimate of drug-likeness (QED) is 0.861. The van der Waals surface area contributed by atoms with Crippen LogP contribution in [0.5, 0.6) is 0 Å². The average molecular weight is 381 g/mol. The number of hydrogen-bond donors (Lipinski definition) is 1. The topological polar surface area (TPSA) is 50.3 Å². The van der Waals surface area contributed by atoms with Crippen molar-refractivity contribution in [2.45, 2.75) is 37.3 Å². The molecule has 0 aromatic carbocycles. The highest BCUT2D eigenvalue weighted by Gasteiger charge is 2.27. The van der Waals surface area contributed by atoms with Crippen molar-refractivity contribution in [3.05, 3.63) is 18.0 Å². The Morgan fingerprint density at radius 3 is 2.68 bits per heavy atom. The monoisotopic (exact) mass is 380 g/mol. The first kappa shape index (κ1) is 17.9. The minimum absolute atomic E-state index is 0.534. The van der Waals surface area contributed by atoms with Crippen LogP contribution in [0.1, 0.15) is 30.9 Å². The van der Waals surface area contributed by atoms with Crippen molar-refractivity contribution in [2.75, 3.05) is 54.2 Å². The lowest BCUT2D eigenvalue weighted by Crippen LogP contribution is -2.42. The lowest BCUT2D eigenvalue weighted by Gasteiger charge is -2.24. The van der Waals surface area contributed by atoms with Gasteiger partial charge in [0.1, 0.15) is 0 Å². The van der Waals surface area contributed by atoms with E-state index < -0.39 is 0 Å². The van der Waals surface area contributed by atoms with E-state index in [0.29, 0.717) is 18.0 Å². The number of hydrogen-bond acceptors (Lipinski definition) is 7. The minimum Gasteiger partial charge on any atom is -0.381 e. The number of thioether (sulfide) groups is 2. The first-order valence-electron chi connectivity index (χ1n) is 9.45. The van der Waals surface area contributed by atoms with Crippen LogP contribution in [0.2, 0.25) is 0 Å². The Bertz CT molecular complexity index is 548. The summed E-state index contributed by atoms with van der Waals surface area (Å²) in [6.07, 6.45) is 5.29. The summed E-state index contributed by atoms with van der Waals surface area (Å²) in [5.74, 6) is 6.54. The van der Waals surface area contributed by atoms with Crippen LogP contribution in [-0.2, 0) is 4.74 Å². The zero-order valence-corrected chi connectivity index (χ0v) is 16.4. The molecule has 4 rings (SSSR count). The molecule has 1 atom stereocenters. The zero-order valence-electron chi connectivity index (χ0n) is 14.7. The molecular formula is C18H28N4OS2. The Morgan fingerprint density at radius 1 is 1.08 bits per heavy atom. The number of anilines is 1. The van der Waals surface area contributed by atoms with Gasteiger partial charge in [0, 0.05) is 79.2 Å². The van der Waals surface area contributed by atoms with Crippen molar-refractivity contribution in [3.8, 4) is 0 Å². The average Bonchev–Trinajstić information content (AvgIpc) is 2.98. The van der Waals surface area contributed by atoms with Crippen molar-refractivity contribution in [1.82, 2.24) is 15.3 Å². The summed E-state index contributed by atoms with van der Waals surface area (Å²) < 4.78 is 5.48. The fourth-order valence-electron chi connectivity index (χ4n) is 3.86. The van der Waals surface area contributed by atoms with E-state index in [4.69, 9.17) is 9.72 Å². The first-order chi connectivity index (χ1) is 12.4. The molecule has 3 aliphatic rings. The van der Waals surface area contributed by atoms with Crippen molar-refractivity contribution >= 4 is 29.5 Å². The van der Waals surface area contributed by atoms with Crippen LogP contribution < -0.4 is 10.2 Å². The maximum absolute atomic E-state index is 5.48. The fraction of sp³-hybridized carbons (Fsp3) is 0.778. The number of ether oxygens (including phenoxy) is 1. The molecule has 1 unspecified atom stereocenters. The molecule has 1 N–H and O–H groups in total. The molecule has 0 amide bonds. The molecular weight excluding hydrogens is 352 g/mol. The smallest absolute Gasteiger partial charge is 0.225 e. The van der Waals surface area contributed by atoms with Gasteiger partial charge in [-0.25, -0.2) is 9.97 Å². The molecule has 5 nitrogen and oxygen atoms in total. The number of nitrogens with one attached hydrogen (secondary N) is 1. The maximum atomic E-state index is 5.48. The molecule has 3 aliphatic heterocycles. The normalized spacial score (nSPS) is 26.7. The number of rotatable bonds is 4. The molecule has 1 aromatic heterocycles. The zero-order chi connectivity index (χ0) is 16.9. The van der Waals surface area contributed by atoms with Gasteiger partial charge < -0.3 is 15.0 Å². The first-order valence-corrected chi connectivity index (χ1v) is 11.8. The molecule has 138 valence electrons. The second-order valence-electron chi connectivity index (χ2n) is 7.11. The van der Waals surface area contributed by atoms with Crippen LogP contribution in [0.15, 0.2) is 12.3 Å². The van der Waals surface area contributed by atoms with Gasteiger partial charge in [0.25, 0.3) is 0 Å². The van der Waals surface area contributed by atoms with E-state index in [1.165, 1.54) is 35.1 Å². The largest absolute Gasteiger partial charge is 0.381 e. The lowest BCUT2D eigenvalue weighted by atomic mass is 9.96. The molecule has 0 aliphatic carbocycles. The highest BCUT2D eigenvalue weighted by molar-refractivity contribution is 8.03. The highest BCUT2D eigenvalue weighted by Crippen LogP contribution is 2.27. The Morgan fingerprint density at radius 2 is 1.88 bits per heavy atom. The van der Waals surface area contributed by atoms with Crippen LogP contribution in [0, 0.1) is 0 Å². The summed E-state index contributed by atoms with van der Waals surface area (Å²) in [7, 11) is 0. The fourth-order valence-corrected chi connectivity index (χ4v) is 6.28. The molecule has 0 spiro atoms. The van der Waals surface area contributed by atoms with Gasteiger partial charge >= 0.3 is 0 Å². The second-order valence-corrected chi connectivity index (χ2v) is 9.41. The number of aromatic nitrogens is 2. The van der Waals surface area contributed by atoms with E-state index in [2.05, 4.69) is 44.8 Å². The van der Waals surface area contributed by atoms with E-state index in [-0.39, 0.29) is 0 Å². The van der Waals surface area contributed by atoms with Crippen LogP contribution >= 0.6 is 23.5 Å². The van der Waals surface area contributed by atoms with Gasteiger partial charge in [-0.3, -0.25) is 0 Å². The van der Waals surface area contributed by atoms with E-state index >= 15 is 0 Å². The predicted molar refractivity (Wildman–Crippen MR) is 107 cm³/mol. The van der Waals surface area contributed by atoms with Crippen molar-refractivity contribution in [3.63, 3.8) is 0 Å². The van der Waals surface area contributed by atoms with Gasteiger partial charge in [-0.1, -0.05) is 0 Å². The van der Waals surface area contributed by atoms with Crippen molar-refractivity contribution in [2.24, 2.45) is 0 Å². The van der Waals surface area contributed by atoms with Gasteiger partial charge in [0.05, 0.1) is 0 Å². The summed E-state index contributed by atoms with van der Waals surface area (Å²) in [6, 6.07) is 3.31. The highest BCUT2D eigenvalue weighted by atomic mass is 32.2. The summed E-state index contributed by atoms with van der Waals surface area (Å²) in [5.41, 5.74) is 1.20. The van der Waals surface area contributed by atoms with Gasteiger partial charge in [-0.15, -0.1) is 0 Å². The van der Waals surface area contributed by atoms with Crippen molar-refractivity contribution in [1.29, 1.82) is 0 Å². The number of nitrogens with zero attached hydrogens (tertiary/aromatic N) is 3. The lowest BCUT2D eigenvalue weighted by molar-refractivity contribution is 0.0845. The van der Waals surface area contributed by atoms with Crippen molar-refractivity contribution < 1.29 is 4.74 Å². The van der Waals surface area contributed by atoms with Crippen LogP contribution in [0.4, 0.5) is 5.95 Å². The standard InChI is InChI=1S/C18H28N4OS2/c1-5-19-18(21-17(1)14-3-7-23-8-4-14)22-6-2-15(11-22)20-16-12-24-9-10-25-13-16/h1,5,14-16,20H,2-4,6-13H2. The van der Waals surface area contributed by atoms with E-state index in [9.17, 15) is 0 Å². The minimum atomic E-state index is 0.534. The Balaban J connectivity index is 1.34. The third kappa shape index (κ3) is 4.81. The molecule has 0 bridgehead atoms. The maximum Gasteiger partial charge on any atom is 0.225 e. The third-order valence-electron chi connectivity index (χ3n) is 5.26.